The minimum Gasteiger partial charge on any atom is -0.493 e. The van der Waals surface area contributed by atoms with E-state index >= 15 is 0 Å². The van der Waals surface area contributed by atoms with Crippen molar-refractivity contribution in [1.82, 2.24) is 5.32 Å². The monoisotopic (exact) mass is 418 g/mol. The molecular formula is C18H15BrN2O3S. The molecule has 1 aliphatic heterocycles. The van der Waals surface area contributed by atoms with Crippen LogP contribution in [0.2, 0.25) is 0 Å². The molecule has 1 N–H and O–H groups in total. The van der Waals surface area contributed by atoms with Crippen molar-refractivity contribution >= 4 is 50.5 Å². The minimum absolute atomic E-state index is 0.194. The number of carbonyl (C=O) groups is 1. The summed E-state index contributed by atoms with van der Waals surface area (Å²) in [5.74, 6) is 1.00. The van der Waals surface area contributed by atoms with Gasteiger partial charge in [-0.15, -0.1) is 0 Å². The predicted molar refractivity (Wildman–Crippen MR) is 104 cm³/mol. The highest BCUT2D eigenvalue weighted by molar-refractivity contribution is 9.10. The van der Waals surface area contributed by atoms with Gasteiger partial charge in [0.25, 0.3) is 5.91 Å². The lowest BCUT2D eigenvalue weighted by Gasteiger charge is -2.10. The number of halogens is 1. The van der Waals surface area contributed by atoms with Gasteiger partial charge in [0.15, 0.2) is 16.7 Å². The SMILES string of the molecule is COc1cccc(C=C2SC(=Nc3ccccc3Br)NC2=O)c1OC. The molecule has 7 heteroatoms. The van der Waals surface area contributed by atoms with Crippen LogP contribution in [-0.4, -0.2) is 25.3 Å². The van der Waals surface area contributed by atoms with Crippen LogP contribution in [0.3, 0.4) is 0 Å². The van der Waals surface area contributed by atoms with Gasteiger partial charge in [-0.3, -0.25) is 4.79 Å². The van der Waals surface area contributed by atoms with E-state index in [0.717, 1.165) is 15.7 Å². The standard InChI is InChI=1S/C18H15BrN2O3S/c1-23-14-9-5-6-11(16(14)24-2)10-15-17(22)21-18(25-15)20-13-8-4-3-7-12(13)19/h3-10H,1-2H3,(H,20,21,22). The summed E-state index contributed by atoms with van der Waals surface area (Å²) in [7, 11) is 3.15. The Balaban J connectivity index is 1.91. The number of aliphatic imine (C=N–C) groups is 1. The largest absolute Gasteiger partial charge is 0.493 e. The van der Waals surface area contributed by atoms with Crippen molar-refractivity contribution in [2.24, 2.45) is 4.99 Å². The van der Waals surface area contributed by atoms with Crippen molar-refractivity contribution in [3.63, 3.8) is 0 Å². The molecule has 1 saturated heterocycles. The van der Waals surface area contributed by atoms with Crippen LogP contribution in [0, 0.1) is 0 Å². The van der Waals surface area contributed by atoms with Gasteiger partial charge in [-0.25, -0.2) is 4.99 Å². The lowest BCUT2D eigenvalue weighted by Crippen LogP contribution is -2.19. The fraction of sp³-hybridized carbons (Fsp3) is 0.111. The van der Waals surface area contributed by atoms with E-state index in [1.807, 2.05) is 42.5 Å². The lowest BCUT2D eigenvalue weighted by atomic mass is 10.1. The van der Waals surface area contributed by atoms with Gasteiger partial charge in [-0.05, 0) is 52.0 Å². The first kappa shape index (κ1) is 17.6. The minimum atomic E-state index is -0.194. The second-order valence-electron chi connectivity index (χ2n) is 5.02. The average molecular weight is 419 g/mol. The first-order chi connectivity index (χ1) is 12.1. The second kappa shape index (κ2) is 7.76. The number of amides is 1. The Morgan fingerprint density at radius 3 is 2.64 bits per heavy atom. The number of nitrogens with zero attached hydrogens (tertiary/aromatic N) is 1. The van der Waals surface area contributed by atoms with Crippen molar-refractivity contribution in [3.05, 3.63) is 57.4 Å². The Hall–Kier alpha value is -2.25. The summed E-state index contributed by atoms with van der Waals surface area (Å²) in [4.78, 5) is 17.3. The maximum atomic E-state index is 12.3. The highest BCUT2D eigenvalue weighted by Crippen LogP contribution is 2.35. The summed E-state index contributed by atoms with van der Waals surface area (Å²) >= 11 is 4.73. The maximum absolute atomic E-state index is 12.3. The topological polar surface area (TPSA) is 59.9 Å². The van der Waals surface area contributed by atoms with Gasteiger partial charge < -0.3 is 14.8 Å². The quantitative estimate of drug-likeness (QED) is 0.749. The third-order valence-corrected chi connectivity index (χ3v) is 5.03. The summed E-state index contributed by atoms with van der Waals surface area (Å²) in [5.41, 5.74) is 1.52. The molecule has 128 valence electrons. The molecule has 0 aromatic heterocycles. The fourth-order valence-corrected chi connectivity index (χ4v) is 3.50. The number of amidine groups is 1. The normalized spacial score (nSPS) is 17.0. The number of nitrogens with one attached hydrogen (secondary N) is 1. The van der Waals surface area contributed by atoms with E-state index in [0.29, 0.717) is 21.6 Å². The average Bonchev–Trinajstić information content (AvgIpc) is 2.96. The number of ether oxygens (including phenoxy) is 2. The Kier molecular flexibility index (Phi) is 5.45. The molecule has 0 saturated carbocycles. The van der Waals surface area contributed by atoms with Crippen molar-refractivity contribution in [2.45, 2.75) is 0 Å². The highest BCUT2D eigenvalue weighted by Gasteiger charge is 2.24. The van der Waals surface area contributed by atoms with Crippen LogP contribution < -0.4 is 14.8 Å². The predicted octanol–water partition coefficient (Wildman–Crippen LogP) is 4.36. The molecule has 25 heavy (non-hydrogen) atoms. The number of hydrogen-bond acceptors (Lipinski definition) is 5. The summed E-state index contributed by atoms with van der Waals surface area (Å²) in [6, 6.07) is 13.1. The van der Waals surface area contributed by atoms with Crippen LogP contribution in [0.5, 0.6) is 11.5 Å². The van der Waals surface area contributed by atoms with Crippen LogP contribution in [0.4, 0.5) is 5.69 Å². The van der Waals surface area contributed by atoms with Crippen molar-refractivity contribution < 1.29 is 14.3 Å². The Bertz CT molecular complexity index is 880. The lowest BCUT2D eigenvalue weighted by molar-refractivity contribution is -0.115. The second-order valence-corrected chi connectivity index (χ2v) is 6.90. The smallest absolute Gasteiger partial charge is 0.264 e. The number of methoxy groups -OCH3 is 2. The molecule has 2 aromatic carbocycles. The molecule has 0 atom stereocenters. The van der Waals surface area contributed by atoms with E-state index in [9.17, 15) is 4.79 Å². The number of thioether (sulfide) groups is 1. The molecule has 1 heterocycles. The Labute approximate surface area is 158 Å². The molecule has 1 fully saturated rings. The fourth-order valence-electron chi connectivity index (χ4n) is 2.30. The Morgan fingerprint density at radius 2 is 1.92 bits per heavy atom. The van der Waals surface area contributed by atoms with Gasteiger partial charge in [0.1, 0.15) is 0 Å². The summed E-state index contributed by atoms with van der Waals surface area (Å²) in [6.07, 6.45) is 1.77. The van der Waals surface area contributed by atoms with E-state index in [-0.39, 0.29) is 5.91 Å². The van der Waals surface area contributed by atoms with Gasteiger partial charge >= 0.3 is 0 Å². The van der Waals surface area contributed by atoms with Gasteiger partial charge in [0, 0.05) is 10.0 Å². The molecule has 3 rings (SSSR count). The molecule has 5 nitrogen and oxygen atoms in total. The van der Waals surface area contributed by atoms with Crippen molar-refractivity contribution in [3.8, 4) is 11.5 Å². The summed E-state index contributed by atoms with van der Waals surface area (Å²) in [6.45, 7) is 0. The first-order valence-electron chi connectivity index (χ1n) is 7.37. The zero-order chi connectivity index (χ0) is 17.8. The van der Waals surface area contributed by atoms with Crippen LogP contribution >= 0.6 is 27.7 Å². The molecular weight excluding hydrogens is 404 g/mol. The first-order valence-corrected chi connectivity index (χ1v) is 8.98. The number of carbonyl (C=O) groups excluding carboxylic acids is 1. The molecule has 0 spiro atoms. The van der Waals surface area contributed by atoms with Gasteiger partial charge in [0.2, 0.25) is 0 Å². The molecule has 0 radical (unpaired) electrons. The van der Waals surface area contributed by atoms with E-state index in [4.69, 9.17) is 9.47 Å². The maximum Gasteiger partial charge on any atom is 0.264 e. The van der Waals surface area contributed by atoms with E-state index in [2.05, 4.69) is 26.2 Å². The van der Waals surface area contributed by atoms with Gasteiger partial charge in [0.05, 0.1) is 24.8 Å². The van der Waals surface area contributed by atoms with Crippen LogP contribution in [0.15, 0.2) is 56.8 Å². The molecule has 1 amide bonds. The molecule has 0 aliphatic carbocycles. The zero-order valence-electron chi connectivity index (χ0n) is 13.6. The van der Waals surface area contributed by atoms with E-state index in [1.54, 1.807) is 20.3 Å². The van der Waals surface area contributed by atoms with Gasteiger partial charge in [-0.1, -0.05) is 24.3 Å². The number of rotatable bonds is 4. The van der Waals surface area contributed by atoms with E-state index < -0.39 is 0 Å². The van der Waals surface area contributed by atoms with Crippen LogP contribution in [0.1, 0.15) is 5.56 Å². The number of benzene rings is 2. The van der Waals surface area contributed by atoms with Crippen molar-refractivity contribution in [1.29, 1.82) is 0 Å². The third-order valence-electron chi connectivity index (χ3n) is 3.45. The van der Waals surface area contributed by atoms with E-state index in [1.165, 1.54) is 11.8 Å². The van der Waals surface area contributed by atoms with Crippen LogP contribution in [-0.2, 0) is 4.79 Å². The van der Waals surface area contributed by atoms with Crippen molar-refractivity contribution in [2.75, 3.05) is 14.2 Å². The molecule has 2 aromatic rings. The molecule has 0 unspecified atom stereocenters. The third kappa shape index (κ3) is 3.88. The summed E-state index contributed by atoms with van der Waals surface area (Å²) < 4.78 is 11.6. The molecule has 0 bridgehead atoms. The molecule has 1 aliphatic rings. The summed E-state index contributed by atoms with van der Waals surface area (Å²) in [5, 5.41) is 3.31. The Morgan fingerprint density at radius 1 is 1.12 bits per heavy atom. The zero-order valence-corrected chi connectivity index (χ0v) is 16.0. The number of hydrogen-bond donors (Lipinski definition) is 1. The number of para-hydroxylation sites is 2. The van der Waals surface area contributed by atoms with Crippen LogP contribution in [0.25, 0.3) is 6.08 Å². The van der Waals surface area contributed by atoms with Gasteiger partial charge in [-0.2, -0.15) is 0 Å². The highest BCUT2D eigenvalue weighted by atomic mass is 79.9.